The highest BCUT2D eigenvalue weighted by molar-refractivity contribution is 7.89. The van der Waals surface area contributed by atoms with Gasteiger partial charge in [-0.05, 0) is 55.0 Å². The summed E-state index contributed by atoms with van der Waals surface area (Å²) in [6.45, 7) is 2.34. The third-order valence-electron chi connectivity index (χ3n) is 4.83. The lowest BCUT2D eigenvalue weighted by Crippen LogP contribution is -2.27. The van der Waals surface area contributed by atoms with Crippen molar-refractivity contribution in [3.8, 4) is 11.5 Å². The molecule has 0 fully saturated rings. The third-order valence-corrected chi connectivity index (χ3v) is 6.23. The molecule has 0 saturated carbocycles. The Kier molecular flexibility index (Phi) is 5.71. The summed E-state index contributed by atoms with van der Waals surface area (Å²) in [4.78, 5) is 14.3. The molecule has 8 nitrogen and oxygen atoms in total. The van der Waals surface area contributed by atoms with Crippen LogP contribution in [0.2, 0.25) is 0 Å². The molecule has 0 aliphatic carbocycles. The Morgan fingerprint density at radius 1 is 1.06 bits per heavy atom. The summed E-state index contributed by atoms with van der Waals surface area (Å²) < 4.78 is 44.2. The topological polar surface area (TPSA) is 98.1 Å². The van der Waals surface area contributed by atoms with Gasteiger partial charge >= 0.3 is 0 Å². The van der Waals surface area contributed by atoms with E-state index in [1.807, 2.05) is 13.0 Å². The van der Waals surface area contributed by atoms with Gasteiger partial charge in [0.05, 0.1) is 11.4 Å². The summed E-state index contributed by atoms with van der Waals surface area (Å²) >= 11 is 0. The molecule has 2 aromatic carbocycles. The van der Waals surface area contributed by atoms with E-state index in [1.54, 1.807) is 43.4 Å². The highest BCUT2D eigenvalue weighted by Gasteiger charge is 2.20. The second kappa shape index (κ2) is 8.44. The number of carbonyl (C=O) groups excluding carboxylic acids is 1. The van der Waals surface area contributed by atoms with Crippen LogP contribution in [0.15, 0.2) is 63.9 Å². The maximum absolute atomic E-state index is 12.8. The van der Waals surface area contributed by atoms with Crippen molar-refractivity contribution in [2.75, 3.05) is 13.8 Å². The van der Waals surface area contributed by atoms with E-state index in [0.29, 0.717) is 17.3 Å². The average Bonchev–Trinajstić information content (AvgIpc) is 3.40. The van der Waals surface area contributed by atoms with Crippen LogP contribution in [0, 0.1) is 6.92 Å². The molecule has 9 heteroatoms. The molecule has 2 heterocycles. The van der Waals surface area contributed by atoms with Gasteiger partial charge in [-0.15, -0.1) is 0 Å². The van der Waals surface area contributed by atoms with Gasteiger partial charge in [-0.2, -0.15) is 0 Å². The smallest absolute Gasteiger partial charge is 0.254 e. The van der Waals surface area contributed by atoms with Gasteiger partial charge in [0.1, 0.15) is 11.5 Å². The Morgan fingerprint density at radius 3 is 2.65 bits per heavy atom. The molecule has 0 spiro atoms. The number of aryl methyl sites for hydroxylation is 1. The van der Waals surface area contributed by atoms with Gasteiger partial charge < -0.3 is 18.8 Å². The fourth-order valence-corrected chi connectivity index (χ4v) is 4.27. The normalized spacial score (nSPS) is 12.7. The van der Waals surface area contributed by atoms with E-state index in [0.717, 1.165) is 11.3 Å². The van der Waals surface area contributed by atoms with Crippen LogP contribution in [0.1, 0.15) is 27.4 Å². The predicted octanol–water partition coefficient (Wildman–Crippen LogP) is 3.07. The minimum Gasteiger partial charge on any atom is -0.464 e. The van der Waals surface area contributed by atoms with E-state index in [2.05, 4.69) is 4.72 Å². The summed E-state index contributed by atoms with van der Waals surface area (Å²) in [7, 11) is -2.18. The Bertz CT molecular complexity index is 1220. The zero-order valence-corrected chi connectivity index (χ0v) is 17.9. The first kappa shape index (κ1) is 21.0. The van der Waals surface area contributed by atoms with Crippen LogP contribution in [0.25, 0.3) is 0 Å². The highest BCUT2D eigenvalue weighted by Crippen LogP contribution is 2.32. The van der Waals surface area contributed by atoms with Crippen molar-refractivity contribution in [3.05, 3.63) is 77.2 Å². The largest absolute Gasteiger partial charge is 0.464 e. The monoisotopic (exact) mass is 442 g/mol. The van der Waals surface area contributed by atoms with Gasteiger partial charge in [-0.25, -0.2) is 13.1 Å². The quantitative estimate of drug-likeness (QED) is 0.604. The van der Waals surface area contributed by atoms with Crippen molar-refractivity contribution in [2.24, 2.45) is 0 Å². The third kappa shape index (κ3) is 4.73. The number of carbonyl (C=O) groups is 1. The van der Waals surface area contributed by atoms with Crippen LogP contribution in [-0.2, 0) is 23.1 Å². The molecule has 0 bridgehead atoms. The van der Waals surface area contributed by atoms with Crippen LogP contribution in [0.3, 0.4) is 0 Å². The van der Waals surface area contributed by atoms with Crippen LogP contribution < -0.4 is 14.2 Å². The predicted molar refractivity (Wildman–Crippen MR) is 112 cm³/mol. The summed E-state index contributed by atoms with van der Waals surface area (Å²) in [6, 6.07) is 14.8. The fraction of sp³-hybridized carbons (Fsp3) is 0.227. The molecular formula is C22H22N2O6S. The SMILES string of the molecule is Cc1ccc(CN(C)C(=O)c2cccc(S(=O)(=O)NCc3ccc4c(c3)OCO4)c2)o1. The molecule has 0 radical (unpaired) electrons. The van der Waals surface area contributed by atoms with Crippen molar-refractivity contribution in [2.45, 2.75) is 24.9 Å². The van der Waals surface area contributed by atoms with Crippen molar-refractivity contribution in [1.29, 1.82) is 0 Å². The molecule has 1 N–H and O–H groups in total. The van der Waals surface area contributed by atoms with E-state index in [9.17, 15) is 13.2 Å². The standard InChI is InChI=1S/C22H22N2O6S/c1-15-6-8-18(30-15)13-24(2)22(25)17-4-3-5-19(11-17)31(26,27)23-12-16-7-9-20-21(10-16)29-14-28-20/h3-11,23H,12-14H2,1-2H3. The molecule has 3 aromatic rings. The Hall–Kier alpha value is -3.30. The molecule has 1 aliphatic heterocycles. The van der Waals surface area contributed by atoms with E-state index in [1.165, 1.54) is 17.0 Å². The summed E-state index contributed by atoms with van der Waals surface area (Å²) in [5.74, 6) is 2.33. The second-order valence-corrected chi connectivity index (χ2v) is 8.98. The number of sulfonamides is 1. The zero-order valence-electron chi connectivity index (χ0n) is 17.1. The van der Waals surface area contributed by atoms with Crippen molar-refractivity contribution >= 4 is 15.9 Å². The summed E-state index contributed by atoms with van der Waals surface area (Å²) in [5, 5.41) is 0. The number of fused-ring (bicyclic) bond motifs is 1. The maximum Gasteiger partial charge on any atom is 0.254 e. The molecule has 0 unspecified atom stereocenters. The summed E-state index contributed by atoms with van der Waals surface area (Å²) in [5.41, 5.74) is 1.00. The van der Waals surface area contributed by atoms with Crippen molar-refractivity contribution in [1.82, 2.24) is 9.62 Å². The van der Waals surface area contributed by atoms with E-state index < -0.39 is 10.0 Å². The molecule has 31 heavy (non-hydrogen) atoms. The summed E-state index contributed by atoms with van der Waals surface area (Å²) in [6.07, 6.45) is 0. The maximum atomic E-state index is 12.8. The lowest BCUT2D eigenvalue weighted by molar-refractivity contribution is 0.0774. The number of benzene rings is 2. The Labute approximate surface area is 180 Å². The minimum absolute atomic E-state index is 0.0151. The van der Waals surface area contributed by atoms with E-state index in [-0.39, 0.29) is 36.2 Å². The number of rotatable bonds is 7. The number of hydrogen-bond donors (Lipinski definition) is 1. The average molecular weight is 442 g/mol. The number of amides is 1. The molecule has 162 valence electrons. The van der Waals surface area contributed by atoms with Crippen LogP contribution in [0.4, 0.5) is 0 Å². The molecule has 1 aliphatic rings. The molecule has 4 rings (SSSR count). The Morgan fingerprint density at radius 2 is 1.87 bits per heavy atom. The number of nitrogens with zero attached hydrogens (tertiary/aromatic N) is 1. The van der Waals surface area contributed by atoms with Crippen LogP contribution in [0.5, 0.6) is 11.5 Å². The van der Waals surface area contributed by atoms with Gasteiger partial charge in [0.2, 0.25) is 16.8 Å². The van der Waals surface area contributed by atoms with Crippen molar-refractivity contribution < 1.29 is 27.1 Å². The zero-order chi connectivity index (χ0) is 22.0. The number of hydrogen-bond acceptors (Lipinski definition) is 6. The number of nitrogens with one attached hydrogen (secondary N) is 1. The lowest BCUT2D eigenvalue weighted by atomic mass is 10.2. The Balaban J connectivity index is 1.45. The van der Waals surface area contributed by atoms with Gasteiger partial charge in [0.25, 0.3) is 5.91 Å². The molecular weight excluding hydrogens is 420 g/mol. The first-order valence-corrected chi connectivity index (χ1v) is 11.1. The fourth-order valence-electron chi connectivity index (χ4n) is 3.20. The highest BCUT2D eigenvalue weighted by atomic mass is 32.2. The number of furan rings is 1. The molecule has 1 amide bonds. The number of ether oxygens (including phenoxy) is 2. The molecule has 0 atom stereocenters. The minimum atomic E-state index is -3.82. The second-order valence-electron chi connectivity index (χ2n) is 7.21. The van der Waals surface area contributed by atoms with Gasteiger partial charge in [-0.3, -0.25) is 4.79 Å². The van der Waals surface area contributed by atoms with Gasteiger partial charge in [0.15, 0.2) is 11.5 Å². The first-order valence-electron chi connectivity index (χ1n) is 9.61. The first-order chi connectivity index (χ1) is 14.8. The van der Waals surface area contributed by atoms with Gasteiger partial charge in [0, 0.05) is 19.2 Å². The van der Waals surface area contributed by atoms with Gasteiger partial charge in [-0.1, -0.05) is 12.1 Å². The van der Waals surface area contributed by atoms with E-state index in [4.69, 9.17) is 13.9 Å². The van der Waals surface area contributed by atoms with E-state index >= 15 is 0 Å². The molecule has 1 aromatic heterocycles. The van der Waals surface area contributed by atoms with Crippen LogP contribution >= 0.6 is 0 Å². The van der Waals surface area contributed by atoms with Crippen molar-refractivity contribution in [3.63, 3.8) is 0 Å². The lowest BCUT2D eigenvalue weighted by Gasteiger charge is -2.16. The molecule has 0 saturated heterocycles. The van der Waals surface area contributed by atoms with Crippen LogP contribution in [-0.4, -0.2) is 33.1 Å².